The van der Waals surface area contributed by atoms with E-state index in [0.29, 0.717) is 11.1 Å². The highest BCUT2D eigenvalue weighted by Gasteiger charge is 2.02. The quantitative estimate of drug-likeness (QED) is 0.770. The third kappa shape index (κ3) is 2.10. The van der Waals surface area contributed by atoms with Crippen molar-refractivity contribution in [2.45, 2.75) is 6.92 Å². The Balaban J connectivity index is 2.58. The van der Waals surface area contributed by atoms with Crippen LogP contribution in [0.25, 0.3) is 11.1 Å². The van der Waals surface area contributed by atoms with Gasteiger partial charge in [-0.05, 0) is 30.2 Å². The molecular weight excluding hydrogens is 195 g/mol. The van der Waals surface area contributed by atoms with Gasteiger partial charge in [0.2, 0.25) is 0 Å². The Bertz CT molecular complexity index is 528. The van der Waals surface area contributed by atoms with Crippen molar-refractivity contribution in [1.82, 2.24) is 10.2 Å². The maximum absolute atomic E-state index is 13.1. The first-order chi connectivity index (χ1) is 7.15. The van der Waals surface area contributed by atoms with E-state index < -0.39 is 0 Å². The van der Waals surface area contributed by atoms with Crippen LogP contribution in [0.3, 0.4) is 0 Å². The van der Waals surface area contributed by atoms with Gasteiger partial charge in [-0.2, -0.15) is 5.10 Å². The van der Waals surface area contributed by atoms with Gasteiger partial charge in [0.05, 0.1) is 6.20 Å². The zero-order chi connectivity index (χ0) is 10.8. The largest absolute Gasteiger partial charge is 0.268 e. The van der Waals surface area contributed by atoms with Crippen molar-refractivity contribution >= 4 is 0 Å². The molecule has 0 atom stereocenters. The lowest BCUT2D eigenvalue weighted by Crippen LogP contribution is -2.05. The van der Waals surface area contributed by atoms with E-state index in [9.17, 15) is 9.18 Å². The molecule has 0 fully saturated rings. The molecule has 1 aromatic carbocycles. The first-order valence-corrected chi connectivity index (χ1v) is 4.47. The van der Waals surface area contributed by atoms with Crippen LogP contribution < -0.4 is 5.56 Å². The van der Waals surface area contributed by atoms with Gasteiger partial charge in [-0.3, -0.25) is 4.79 Å². The van der Waals surface area contributed by atoms with E-state index >= 15 is 0 Å². The zero-order valence-corrected chi connectivity index (χ0v) is 8.12. The fourth-order valence-corrected chi connectivity index (χ4v) is 1.44. The standard InChI is InChI=1S/C11H9FN2O/c1-7-2-8(4-10(12)3-7)9-5-11(15)14-13-6-9/h2-6H,1H3,(H,14,15). The van der Waals surface area contributed by atoms with Gasteiger partial charge in [0.25, 0.3) is 5.56 Å². The smallest absolute Gasteiger partial charge is 0.264 e. The van der Waals surface area contributed by atoms with E-state index in [1.807, 2.05) is 0 Å². The molecule has 1 aromatic heterocycles. The number of H-pyrrole nitrogens is 1. The molecule has 15 heavy (non-hydrogen) atoms. The second-order valence-electron chi connectivity index (χ2n) is 3.35. The van der Waals surface area contributed by atoms with E-state index in [1.54, 1.807) is 13.0 Å². The molecule has 0 saturated heterocycles. The Hall–Kier alpha value is -1.97. The van der Waals surface area contributed by atoms with Crippen molar-refractivity contribution in [2.75, 3.05) is 0 Å². The van der Waals surface area contributed by atoms with Crippen molar-refractivity contribution in [3.63, 3.8) is 0 Å². The maximum Gasteiger partial charge on any atom is 0.264 e. The number of rotatable bonds is 1. The molecule has 0 unspecified atom stereocenters. The van der Waals surface area contributed by atoms with Crippen LogP contribution in [0.5, 0.6) is 0 Å². The minimum absolute atomic E-state index is 0.297. The van der Waals surface area contributed by atoms with E-state index in [-0.39, 0.29) is 11.4 Å². The molecule has 2 rings (SSSR count). The van der Waals surface area contributed by atoms with Gasteiger partial charge >= 0.3 is 0 Å². The first kappa shape index (κ1) is 9.58. The normalized spacial score (nSPS) is 10.3. The van der Waals surface area contributed by atoms with Crippen LogP contribution >= 0.6 is 0 Å². The second-order valence-corrected chi connectivity index (χ2v) is 3.35. The topological polar surface area (TPSA) is 45.8 Å². The molecule has 4 heteroatoms. The van der Waals surface area contributed by atoms with Crippen LogP contribution in [0.4, 0.5) is 4.39 Å². The van der Waals surface area contributed by atoms with Crippen LogP contribution in [-0.2, 0) is 0 Å². The average molecular weight is 204 g/mol. The molecule has 0 aliphatic rings. The number of aryl methyl sites for hydroxylation is 1. The van der Waals surface area contributed by atoms with E-state index in [2.05, 4.69) is 10.2 Å². The molecule has 1 heterocycles. The van der Waals surface area contributed by atoms with Crippen LogP contribution in [0.2, 0.25) is 0 Å². The van der Waals surface area contributed by atoms with Crippen molar-refractivity contribution < 1.29 is 4.39 Å². The van der Waals surface area contributed by atoms with E-state index in [1.165, 1.54) is 24.4 Å². The summed E-state index contributed by atoms with van der Waals surface area (Å²) < 4.78 is 13.1. The second kappa shape index (κ2) is 3.65. The van der Waals surface area contributed by atoms with E-state index in [4.69, 9.17) is 0 Å². The van der Waals surface area contributed by atoms with Crippen molar-refractivity contribution in [2.24, 2.45) is 0 Å². The molecule has 3 nitrogen and oxygen atoms in total. The fourth-order valence-electron chi connectivity index (χ4n) is 1.44. The number of nitrogens with zero attached hydrogens (tertiary/aromatic N) is 1. The Labute approximate surface area is 85.6 Å². The van der Waals surface area contributed by atoms with Crippen molar-refractivity contribution in [3.05, 3.63) is 52.2 Å². The molecule has 0 spiro atoms. The molecule has 0 aliphatic heterocycles. The number of halogens is 1. The third-order valence-electron chi connectivity index (χ3n) is 2.04. The van der Waals surface area contributed by atoms with Gasteiger partial charge in [-0.15, -0.1) is 0 Å². The molecule has 0 saturated carbocycles. The predicted octanol–water partition coefficient (Wildman–Crippen LogP) is 1.88. The van der Waals surface area contributed by atoms with Crippen molar-refractivity contribution in [3.8, 4) is 11.1 Å². The summed E-state index contributed by atoms with van der Waals surface area (Å²) in [6.07, 6.45) is 1.50. The first-order valence-electron chi connectivity index (χ1n) is 4.47. The van der Waals surface area contributed by atoms with Gasteiger partial charge in [0, 0.05) is 11.6 Å². The molecule has 0 radical (unpaired) electrons. The minimum atomic E-state index is -0.315. The average Bonchev–Trinajstić information content (AvgIpc) is 2.16. The number of aromatic nitrogens is 2. The molecule has 76 valence electrons. The number of aromatic amines is 1. The van der Waals surface area contributed by atoms with Gasteiger partial charge in [0.1, 0.15) is 5.82 Å². The molecule has 0 aliphatic carbocycles. The minimum Gasteiger partial charge on any atom is -0.268 e. The SMILES string of the molecule is Cc1cc(F)cc(-c2cn[nH]c(=O)c2)c1. The number of nitrogens with one attached hydrogen (secondary N) is 1. The van der Waals surface area contributed by atoms with Crippen molar-refractivity contribution in [1.29, 1.82) is 0 Å². The summed E-state index contributed by atoms with van der Waals surface area (Å²) in [4.78, 5) is 11.0. The highest BCUT2D eigenvalue weighted by Crippen LogP contribution is 2.19. The highest BCUT2D eigenvalue weighted by atomic mass is 19.1. The summed E-state index contributed by atoms with van der Waals surface area (Å²) in [5.74, 6) is -0.315. The van der Waals surface area contributed by atoms with Crippen LogP contribution in [-0.4, -0.2) is 10.2 Å². The summed E-state index contributed by atoms with van der Waals surface area (Å²) in [5, 5.41) is 5.93. The van der Waals surface area contributed by atoms with Gasteiger partial charge in [-0.1, -0.05) is 6.07 Å². The molecule has 0 bridgehead atoms. The molecule has 0 amide bonds. The lowest BCUT2D eigenvalue weighted by molar-refractivity contribution is 0.627. The number of benzene rings is 1. The summed E-state index contributed by atoms with van der Waals surface area (Å²) in [6.45, 7) is 1.80. The van der Waals surface area contributed by atoms with Gasteiger partial charge < -0.3 is 0 Å². The number of hydrogen-bond acceptors (Lipinski definition) is 2. The molecule has 1 N–H and O–H groups in total. The third-order valence-corrected chi connectivity index (χ3v) is 2.04. The highest BCUT2D eigenvalue weighted by molar-refractivity contribution is 5.62. The summed E-state index contributed by atoms with van der Waals surface area (Å²) in [6, 6.07) is 6.01. The molecule has 2 aromatic rings. The molecular formula is C11H9FN2O. The Kier molecular flexibility index (Phi) is 2.33. The lowest BCUT2D eigenvalue weighted by Gasteiger charge is -2.02. The zero-order valence-electron chi connectivity index (χ0n) is 8.12. The monoisotopic (exact) mass is 204 g/mol. The van der Waals surface area contributed by atoms with Gasteiger partial charge in [-0.25, -0.2) is 9.49 Å². The summed E-state index contributed by atoms with van der Waals surface area (Å²) in [5.41, 5.74) is 1.78. The van der Waals surface area contributed by atoms with Crippen LogP contribution in [0.15, 0.2) is 35.3 Å². The van der Waals surface area contributed by atoms with E-state index in [0.717, 1.165) is 5.56 Å². The summed E-state index contributed by atoms with van der Waals surface area (Å²) in [7, 11) is 0. The van der Waals surface area contributed by atoms with Crippen LogP contribution in [0.1, 0.15) is 5.56 Å². The summed E-state index contributed by atoms with van der Waals surface area (Å²) >= 11 is 0. The predicted molar refractivity (Wildman–Crippen MR) is 55.0 cm³/mol. The Morgan fingerprint density at radius 3 is 2.67 bits per heavy atom. The Morgan fingerprint density at radius 1 is 1.20 bits per heavy atom. The lowest BCUT2D eigenvalue weighted by atomic mass is 10.1. The van der Waals surface area contributed by atoms with Gasteiger partial charge in [0.15, 0.2) is 0 Å². The number of hydrogen-bond donors (Lipinski definition) is 1. The maximum atomic E-state index is 13.1. The van der Waals surface area contributed by atoms with Crippen LogP contribution in [0, 0.1) is 12.7 Å². The fraction of sp³-hybridized carbons (Fsp3) is 0.0909. The Morgan fingerprint density at radius 2 is 2.00 bits per heavy atom.